The zero-order valence-electron chi connectivity index (χ0n) is 12.5. The molecule has 4 heterocycles. The van der Waals surface area contributed by atoms with Crippen LogP contribution in [-0.4, -0.2) is 41.2 Å². The summed E-state index contributed by atoms with van der Waals surface area (Å²) in [5, 5.41) is 3.44. The first-order valence-corrected chi connectivity index (χ1v) is 7.92. The number of anilines is 1. The van der Waals surface area contributed by atoms with E-state index in [0.29, 0.717) is 12.2 Å². The molecule has 4 rings (SSSR count). The highest BCUT2D eigenvalue weighted by Gasteiger charge is 2.35. The largest absolute Gasteiger partial charge is 0.371 e. The lowest BCUT2D eigenvalue weighted by Gasteiger charge is -2.33. The van der Waals surface area contributed by atoms with Crippen LogP contribution in [0.1, 0.15) is 25.5 Å². The maximum absolute atomic E-state index is 5.95. The molecule has 2 unspecified atom stereocenters. The molecule has 5 nitrogen and oxygen atoms in total. The van der Waals surface area contributed by atoms with Gasteiger partial charge in [-0.25, -0.2) is 4.98 Å². The van der Waals surface area contributed by atoms with Gasteiger partial charge in [0.15, 0.2) is 5.82 Å². The Morgan fingerprint density at radius 3 is 2.86 bits per heavy atom. The van der Waals surface area contributed by atoms with E-state index in [4.69, 9.17) is 9.72 Å². The molecule has 0 aliphatic carbocycles. The van der Waals surface area contributed by atoms with E-state index in [1.165, 1.54) is 18.5 Å². The number of fused-ring (bicyclic) bond motifs is 3. The summed E-state index contributed by atoms with van der Waals surface area (Å²) < 4.78 is 8.16. The molecular weight excluding hydrogens is 264 g/mol. The van der Waals surface area contributed by atoms with Crippen LogP contribution in [0.2, 0.25) is 0 Å². The summed E-state index contributed by atoms with van der Waals surface area (Å²) in [6.07, 6.45) is 5.27. The Morgan fingerprint density at radius 1 is 1.29 bits per heavy atom. The zero-order valence-corrected chi connectivity index (χ0v) is 12.5. The summed E-state index contributed by atoms with van der Waals surface area (Å²) in [6, 6.07) is 6.19. The summed E-state index contributed by atoms with van der Waals surface area (Å²) in [5.74, 6) is 1.13. The molecule has 112 valence electrons. The summed E-state index contributed by atoms with van der Waals surface area (Å²) in [5.41, 5.74) is 2.29. The Balaban J connectivity index is 1.72. The van der Waals surface area contributed by atoms with Crippen molar-refractivity contribution in [2.45, 2.75) is 38.5 Å². The molecule has 0 aromatic carbocycles. The fourth-order valence-electron chi connectivity index (χ4n) is 3.48. The Morgan fingerprint density at radius 2 is 2.10 bits per heavy atom. The van der Waals surface area contributed by atoms with Crippen molar-refractivity contribution in [2.24, 2.45) is 0 Å². The quantitative estimate of drug-likeness (QED) is 0.931. The Hall–Kier alpha value is -1.59. The van der Waals surface area contributed by atoms with E-state index < -0.39 is 0 Å². The molecule has 0 saturated carbocycles. The van der Waals surface area contributed by atoms with Gasteiger partial charge in [0.25, 0.3) is 0 Å². The Labute approximate surface area is 124 Å². The summed E-state index contributed by atoms with van der Waals surface area (Å²) in [6.45, 7) is 5.90. The van der Waals surface area contributed by atoms with Crippen LogP contribution in [0.5, 0.6) is 0 Å². The second-order valence-corrected chi connectivity index (χ2v) is 5.95. The third kappa shape index (κ3) is 2.30. The van der Waals surface area contributed by atoms with E-state index in [1.54, 1.807) is 0 Å². The molecule has 0 radical (unpaired) electrons. The van der Waals surface area contributed by atoms with Crippen molar-refractivity contribution >= 4 is 11.5 Å². The maximum Gasteiger partial charge on any atom is 0.152 e. The van der Waals surface area contributed by atoms with Gasteiger partial charge < -0.3 is 19.4 Å². The van der Waals surface area contributed by atoms with E-state index in [1.807, 2.05) is 6.07 Å². The number of hydrogen-bond donors (Lipinski definition) is 1. The van der Waals surface area contributed by atoms with Crippen LogP contribution in [-0.2, 0) is 11.3 Å². The van der Waals surface area contributed by atoms with Gasteiger partial charge in [-0.15, -0.1) is 0 Å². The van der Waals surface area contributed by atoms with Gasteiger partial charge >= 0.3 is 0 Å². The second kappa shape index (κ2) is 5.31. The standard InChI is InChI=1S/C16H22N4O/c1-2-17-9-14-16(18-15-5-3-4-8-20(14)15)19-10-12-6-7-13(11-19)21-12/h3-5,8,12-13,17H,2,6-7,9-11H2,1H3. The van der Waals surface area contributed by atoms with E-state index in [0.717, 1.165) is 37.6 Å². The van der Waals surface area contributed by atoms with Crippen LogP contribution >= 0.6 is 0 Å². The third-order valence-corrected chi connectivity index (χ3v) is 4.49. The maximum atomic E-state index is 5.95. The van der Waals surface area contributed by atoms with Crippen molar-refractivity contribution in [3.63, 3.8) is 0 Å². The van der Waals surface area contributed by atoms with Crippen LogP contribution in [0, 0.1) is 0 Å². The van der Waals surface area contributed by atoms with Gasteiger partial charge in [0.2, 0.25) is 0 Å². The lowest BCUT2D eigenvalue weighted by atomic mass is 10.2. The summed E-state index contributed by atoms with van der Waals surface area (Å²) >= 11 is 0. The van der Waals surface area contributed by atoms with Crippen LogP contribution < -0.4 is 10.2 Å². The minimum atomic E-state index is 0.389. The highest BCUT2D eigenvalue weighted by molar-refractivity contribution is 5.56. The number of rotatable bonds is 4. The molecule has 2 aliphatic heterocycles. The number of hydrogen-bond acceptors (Lipinski definition) is 4. The number of aromatic nitrogens is 2. The molecule has 5 heteroatoms. The van der Waals surface area contributed by atoms with Crippen LogP contribution in [0.25, 0.3) is 5.65 Å². The molecule has 0 amide bonds. The van der Waals surface area contributed by atoms with E-state index >= 15 is 0 Å². The fraction of sp³-hybridized carbons (Fsp3) is 0.562. The topological polar surface area (TPSA) is 41.8 Å². The van der Waals surface area contributed by atoms with Crippen molar-refractivity contribution in [1.82, 2.24) is 14.7 Å². The predicted octanol–water partition coefficient (Wildman–Crippen LogP) is 1.81. The van der Waals surface area contributed by atoms with Gasteiger partial charge in [0, 0.05) is 25.8 Å². The lowest BCUT2D eigenvalue weighted by molar-refractivity contribution is 0.0302. The Bertz CT molecular complexity index is 626. The van der Waals surface area contributed by atoms with E-state index in [-0.39, 0.29) is 0 Å². The van der Waals surface area contributed by atoms with E-state index in [9.17, 15) is 0 Å². The predicted molar refractivity (Wildman–Crippen MR) is 82.7 cm³/mol. The van der Waals surface area contributed by atoms with Gasteiger partial charge in [-0.05, 0) is 31.5 Å². The van der Waals surface area contributed by atoms with Gasteiger partial charge in [-0.1, -0.05) is 13.0 Å². The smallest absolute Gasteiger partial charge is 0.152 e. The summed E-state index contributed by atoms with van der Waals surface area (Å²) in [7, 11) is 0. The molecule has 1 N–H and O–H groups in total. The number of ether oxygens (including phenoxy) is 1. The lowest BCUT2D eigenvalue weighted by Crippen LogP contribution is -2.43. The minimum Gasteiger partial charge on any atom is -0.371 e. The van der Waals surface area contributed by atoms with Crippen LogP contribution in [0.3, 0.4) is 0 Å². The first-order chi connectivity index (χ1) is 10.3. The molecule has 2 atom stereocenters. The number of pyridine rings is 1. The molecule has 2 aliphatic rings. The van der Waals surface area contributed by atoms with Gasteiger partial charge in [0.05, 0.1) is 17.9 Å². The van der Waals surface area contributed by atoms with Gasteiger partial charge in [-0.3, -0.25) is 0 Å². The monoisotopic (exact) mass is 286 g/mol. The molecule has 2 aromatic rings. The number of imidazole rings is 1. The number of morpholine rings is 1. The zero-order chi connectivity index (χ0) is 14.2. The second-order valence-electron chi connectivity index (χ2n) is 5.95. The first-order valence-electron chi connectivity index (χ1n) is 7.92. The van der Waals surface area contributed by atoms with Crippen molar-refractivity contribution in [1.29, 1.82) is 0 Å². The highest BCUT2D eigenvalue weighted by atomic mass is 16.5. The van der Waals surface area contributed by atoms with Gasteiger partial charge in [0.1, 0.15) is 5.65 Å². The van der Waals surface area contributed by atoms with Crippen molar-refractivity contribution in [3.05, 3.63) is 30.1 Å². The average Bonchev–Trinajstić information content (AvgIpc) is 3.05. The number of nitrogens with zero attached hydrogens (tertiary/aromatic N) is 3. The van der Waals surface area contributed by atoms with E-state index in [2.05, 4.69) is 39.9 Å². The van der Waals surface area contributed by atoms with Crippen molar-refractivity contribution in [3.8, 4) is 0 Å². The molecule has 2 saturated heterocycles. The molecule has 0 spiro atoms. The first kappa shape index (κ1) is 13.1. The molecule has 2 aromatic heterocycles. The number of nitrogens with one attached hydrogen (secondary N) is 1. The van der Waals surface area contributed by atoms with Crippen molar-refractivity contribution < 1.29 is 4.74 Å². The van der Waals surface area contributed by atoms with Crippen molar-refractivity contribution in [2.75, 3.05) is 24.5 Å². The minimum absolute atomic E-state index is 0.389. The molecule has 21 heavy (non-hydrogen) atoms. The SMILES string of the molecule is CCNCc1c(N2CC3CCC(C2)O3)nc2ccccn12. The Kier molecular flexibility index (Phi) is 3.31. The fourth-order valence-corrected chi connectivity index (χ4v) is 3.48. The molecule has 2 fully saturated rings. The van der Waals surface area contributed by atoms with Crippen LogP contribution in [0.4, 0.5) is 5.82 Å². The highest BCUT2D eigenvalue weighted by Crippen LogP contribution is 2.31. The van der Waals surface area contributed by atoms with Gasteiger partial charge in [-0.2, -0.15) is 0 Å². The molecule has 2 bridgehead atoms. The summed E-state index contributed by atoms with van der Waals surface area (Å²) in [4.78, 5) is 7.30. The normalized spacial score (nSPS) is 24.9. The average molecular weight is 286 g/mol. The molecular formula is C16H22N4O. The van der Waals surface area contributed by atoms with Crippen LogP contribution in [0.15, 0.2) is 24.4 Å². The third-order valence-electron chi connectivity index (χ3n) is 4.49.